The van der Waals surface area contributed by atoms with E-state index in [1.807, 2.05) is 0 Å². The zero-order chi connectivity index (χ0) is 12.1. The number of carbonyl (C=O) groups is 1. The molecule has 0 bridgehead atoms. The Morgan fingerprint density at radius 2 is 2.25 bits per heavy atom. The molecule has 0 atom stereocenters. The van der Waals surface area contributed by atoms with Gasteiger partial charge in [0.2, 0.25) is 5.24 Å². The SMILES string of the molecule is COc1cc(/C=C/C(=O)Cl)ccc1[N+](=O)[O-]. The fourth-order valence-corrected chi connectivity index (χ4v) is 1.17. The van der Waals surface area contributed by atoms with Crippen molar-refractivity contribution >= 4 is 28.6 Å². The van der Waals surface area contributed by atoms with Crippen LogP contribution in [0.1, 0.15) is 5.56 Å². The van der Waals surface area contributed by atoms with Crippen LogP contribution in [0.15, 0.2) is 24.3 Å². The van der Waals surface area contributed by atoms with Gasteiger partial charge < -0.3 is 4.74 Å². The molecule has 0 saturated carbocycles. The molecule has 0 N–H and O–H groups in total. The van der Waals surface area contributed by atoms with Crippen LogP contribution in [-0.4, -0.2) is 17.3 Å². The molecule has 1 aromatic rings. The average molecular weight is 242 g/mol. The van der Waals surface area contributed by atoms with Crippen LogP contribution in [0.3, 0.4) is 0 Å². The number of rotatable bonds is 4. The Bertz CT molecular complexity index is 456. The third kappa shape index (κ3) is 3.06. The molecule has 0 heterocycles. The second-order valence-corrected chi connectivity index (χ2v) is 3.20. The van der Waals surface area contributed by atoms with E-state index in [2.05, 4.69) is 0 Å². The minimum Gasteiger partial charge on any atom is -0.490 e. The average Bonchev–Trinajstić information content (AvgIpc) is 2.25. The predicted octanol–water partition coefficient (Wildman–Crippen LogP) is 2.38. The summed E-state index contributed by atoms with van der Waals surface area (Å²) in [7, 11) is 1.34. The second kappa shape index (κ2) is 5.27. The number of allylic oxidation sites excluding steroid dienone is 1. The maximum atomic E-state index is 10.6. The van der Waals surface area contributed by atoms with Crippen molar-refractivity contribution in [2.75, 3.05) is 7.11 Å². The molecular weight excluding hydrogens is 234 g/mol. The summed E-state index contributed by atoms with van der Waals surface area (Å²) < 4.78 is 4.86. The summed E-state index contributed by atoms with van der Waals surface area (Å²) in [4.78, 5) is 20.5. The third-order valence-electron chi connectivity index (χ3n) is 1.81. The second-order valence-electron chi connectivity index (χ2n) is 2.83. The first-order valence-corrected chi connectivity index (χ1v) is 4.62. The summed E-state index contributed by atoms with van der Waals surface area (Å²) in [6, 6.07) is 4.25. The van der Waals surface area contributed by atoms with E-state index in [4.69, 9.17) is 16.3 Å². The highest BCUT2D eigenvalue weighted by atomic mass is 35.5. The van der Waals surface area contributed by atoms with Crippen LogP contribution in [-0.2, 0) is 4.79 Å². The van der Waals surface area contributed by atoms with E-state index in [1.165, 1.54) is 31.4 Å². The quantitative estimate of drug-likeness (QED) is 0.351. The lowest BCUT2D eigenvalue weighted by atomic mass is 10.2. The van der Waals surface area contributed by atoms with Crippen LogP contribution in [0, 0.1) is 10.1 Å². The summed E-state index contributed by atoms with van der Waals surface area (Å²) in [6.07, 6.45) is 2.60. The van der Waals surface area contributed by atoms with Gasteiger partial charge in [0, 0.05) is 6.07 Å². The lowest BCUT2D eigenvalue weighted by molar-refractivity contribution is -0.385. The molecule has 0 aliphatic rings. The number of methoxy groups -OCH3 is 1. The van der Waals surface area contributed by atoms with E-state index in [1.54, 1.807) is 0 Å². The highest BCUT2D eigenvalue weighted by Crippen LogP contribution is 2.27. The van der Waals surface area contributed by atoms with E-state index in [-0.39, 0.29) is 11.4 Å². The summed E-state index contributed by atoms with van der Waals surface area (Å²) >= 11 is 5.12. The van der Waals surface area contributed by atoms with Crippen molar-refractivity contribution in [1.82, 2.24) is 0 Å². The van der Waals surface area contributed by atoms with Gasteiger partial charge in [0.25, 0.3) is 0 Å². The van der Waals surface area contributed by atoms with Gasteiger partial charge in [0.1, 0.15) is 0 Å². The highest BCUT2D eigenvalue weighted by Gasteiger charge is 2.13. The van der Waals surface area contributed by atoms with E-state index >= 15 is 0 Å². The third-order valence-corrected chi connectivity index (χ3v) is 1.93. The van der Waals surface area contributed by atoms with Crippen LogP contribution >= 0.6 is 11.6 Å². The molecule has 0 fully saturated rings. The largest absolute Gasteiger partial charge is 0.490 e. The lowest BCUT2D eigenvalue weighted by Gasteiger charge is -2.02. The Balaban J connectivity index is 3.09. The summed E-state index contributed by atoms with van der Waals surface area (Å²) in [5.74, 6) is 0.133. The molecule has 1 rings (SSSR count). The highest BCUT2D eigenvalue weighted by molar-refractivity contribution is 6.66. The standard InChI is InChI=1S/C10H8ClNO4/c1-16-9-6-7(3-5-10(11)13)2-4-8(9)12(14)15/h2-6H,1H3/b5-3+. The van der Waals surface area contributed by atoms with Crippen molar-refractivity contribution in [3.8, 4) is 5.75 Å². The van der Waals surface area contributed by atoms with E-state index in [0.29, 0.717) is 5.56 Å². The van der Waals surface area contributed by atoms with Crippen LogP contribution in [0.4, 0.5) is 5.69 Å². The molecule has 0 saturated heterocycles. The van der Waals surface area contributed by atoms with Crippen molar-refractivity contribution in [1.29, 1.82) is 0 Å². The number of benzene rings is 1. The Hall–Kier alpha value is -1.88. The van der Waals surface area contributed by atoms with Crippen molar-refractivity contribution in [2.24, 2.45) is 0 Å². The number of hydrogen-bond donors (Lipinski definition) is 0. The summed E-state index contributed by atoms with van der Waals surface area (Å²) in [5.41, 5.74) is 0.466. The fraction of sp³-hybridized carbons (Fsp3) is 0.100. The monoisotopic (exact) mass is 241 g/mol. The van der Waals surface area contributed by atoms with Gasteiger partial charge in [-0.05, 0) is 35.4 Å². The number of hydrogen-bond acceptors (Lipinski definition) is 4. The Kier molecular flexibility index (Phi) is 4.02. The topological polar surface area (TPSA) is 69.4 Å². The molecule has 0 spiro atoms. The molecule has 0 aliphatic carbocycles. The van der Waals surface area contributed by atoms with E-state index < -0.39 is 10.2 Å². The zero-order valence-electron chi connectivity index (χ0n) is 8.34. The normalized spacial score (nSPS) is 10.4. The Morgan fingerprint density at radius 3 is 2.75 bits per heavy atom. The number of nitro groups is 1. The fourth-order valence-electron chi connectivity index (χ4n) is 1.11. The van der Waals surface area contributed by atoms with Crippen LogP contribution < -0.4 is 4.74 Å². The number of carbonyl (C=O) groups excluding carboxylic acids is 1. The molecule has 0 unspecified atom stereocenters. The van der Waals surface area contributed by atoms with Crippen molar-refractivity contribution < 1.29 is 14.5 Å². The Morgan fingerprint density at radius 1 is 1.56 bits per heavy atom. The first-order valence-electron chi connectivity index (χ1n) is 4.24. The van der Waals surface area contributed by atoms with Crippen LogP contribution in [0.2, 0.25) is 0 Å². The maximum absolute atomic E-state index is 10.6. The van der Waals surface area contributed by atoms with Gasteiger partial charge in [-0.25, -0.2) is 0 Å². The maximum Gasteiger partial charge on any atom is 0.310 e. The van der Waals surface area contributed by atoms with Gasteiger partial charge >= 0.3 is 5.69 Å². The molecule has 0 aromatic heterocycles. The first kappa shape index (κ1) is 12.2. The van der Waals surface area contributed by atoms with Crippen LogP contribution in [0.5, 0.6) is 5.75 Å². The minimum atomic E-state index is -0.614. The predicted molar refractivity (Wildman–Crippen MR) is 59.5 cm³/mol. The molecule has 0 radical (unpaired) electrons. The summed E-state index contributed by atoms with van der Waals surface area (Å²) in [5, 5.41) is 9.98. The van der Waals surface area contributed by atoms with Crippen molar-refractivity contribution in [3.63, 3.8) is 0 Å². The molecule has 1 aromatic carbocycles. The number of nitrogens with zero attached hydrogens (tertiary/aromatic N) is 1. The van der Waals surface area contributed by atoms with Gasteiger partial charge in [-0.3, -0.25) is 14.9 Å². The van der Waals surface area contributed by atoms with Gasteiger partial charge in [-0.2, -0.15) is 0 Å². The lowest BCUT2D eigenvalue weighted by Crippen LogP contribution is -1.93. The molecule has 0 amide bonds. The molecular formula is C10H8ClNO4. The number of halogens is 1. The smallest absolute Gasteiger partial charge is 0.310 e. The minimum absolute atomic E-state index is 0.128. The number of ether oxygens (including phenoxy) is 1. The van der Waals surface area contributed by atoms with Gasteiger partial charge in [0.05, 0.1) is 12.0 Å². The van der Waals surface area contributed by atoms with Gasteiger partial charge in [-0.1, -0.05) is 6.08 Å². The molecule has 5 nitrogen and oxygen atoms in total. The molecule has 6 heteroatoms. The van der Waals surface area contributed by atoms with Crippen molar-refractivity contribution in [2.45, 2.75) is 0 Å². The Labute approximate surface area is 96.4 Å². The van der Waals surface area contributed by atoms with Gasteiger partial charge in [0.15, 0.2) is 5.75 Å². The van der Waals surface area contributed by atoms with E-state index in [9.17, 15) is 14.9 Å². The first-order chi connectivity index (χ1) is 7.54. The molecule has 16 heavy (non-hydrogen) atoms. The van der Waals surface area contributed by atoms with Gasteiger partial charge in [-0.15, -0.1) is 0 Å². The van der Waals surface area contributed by atoms with Crippen molar-refractivity contribution in [3.05, 3.63) is 40.0 Å². The van der Waals surface area contributed by atoms with E-state index in [0.717, 1.165) is 6.08 Å². The molecule has 84 valence electrons. The summed E-state index contributed by atoms with van der Waals surface area (Å²) in [6.45, 7) is 0. The molecule has 0 aliphatic heterocycles. The van der Waals surface area contributed by atoms with Crippen LogP contribution in [0.25, 0.3) is 6.08 Å². The number of nitro benzene ring substituents is 1. The zero-order valence-corrected chi connectivity index (χ0v) is 9.10.